The van der Waals surface area contributed by atoms with Gasteiger partial charge in [0.1, 0.15) is 7.14 Å². The van der Waals surface area contributed by atoms with Crippen molar-refractivity contribution in [3.05, 3.63) is 194 Å². The molecule has 290 valence electrons. The second-order valence-corrected chi connectivity index (χ2v) is 19.0. The minimum absolute atomic E-state index is 0.561. The van der Waals surface area contributed by atoms with Crippen LogP contribution in [-0.4, -0.2) is 37.8 Å². The molecular weight excluding hydrogens is 766 g/mol. The predicted octanol–water partition coefficient (Wildman–Crippen LogP) is 13.3. The Morgan fingerprint density at radius 3 is 1.54 bits per heavy atom. The van der Waals surface area contributed by atoms with Crippen molar-refractivity contribution in [3.63, 3.8) is 0 Å². The Balaban J connectivity index is 1.03. The molecule has 0 saturated heterocycles. The maximum absolute atomic E-state index is 12.7. The molecule has 0 N–H and O–H groups in total. The zero-order valence-corrected chi connectivity index (χ0v) is 34.5. The summed E-state index contributed by atoms with van der Waals surface area (Å²) in [5.41, 5.74) is 11.2. The fourth-order valence-electron chi connectivity index (χ4n) is 8.45. The fraction of sp³-hybridized carbons (Fsp3) is 0.0370. The van der Waals surface area contributed by atoms with E-state index in [1.807, 2.05) is 54.6 Å². The van der Waals surface area contributed by atoms with E-state index in [0.29, 0.717) is 17.5 Å². The smallest absolute Gasteiger partial charge is 0.164 e. The van der Waals surface area contributed by atoms with Gasteiger partial charge in [0.05, 0.1) is 22.2 Å². The standard InChI is InChI=1S/C54H38N5OP/c1-61(2,60)42-29-26-39(27-30-42)54-57-52(37-16-8-4-9-17-37)56-53(58-54)38-24-22-35(23-25-38)40-28-31-43-45-33-46-44-20-12-13-21-49(44)59(41-18-10-5-11-19-41)50(46)34-47(45)51(55-48(43)32-40)36-14-6-3-7-15-36/h3-34H,1-2H3. The molecule has 3 heterocycles. The van der Waals surface area contributed by atoms with Crippen LogP contribution in [0.3, 0.4) is 0 Å². The van der Waals surface area contributed by atoms with Gasteiger partial charge in [0.15, 0.2) is 17.5 Å². The Bertz CT molecular complexity index is 3490. The van der Waals surface area contributed by atoms with E-state index in [1.54, 1.807) is 13.3 Å². The van der Waals surface area contributed by atoms with Gasteiger partial charge in [0, 0.05) is 54.8 Å². The van der Waals surface area contributed by atoms with Gasteiger partial charge in [-0.15, -0.1) is 0 Å². The van der Waals surface area contributed by atoms with Crippen LogP contribution in [0.25, 0.3) is 106 Å². The van der Waals surface area contributed by atoms with Gasteiger partial charge in [-0.25, -0.2) is 19.9 Å². The normalized spacial score (nSPS) is 11.8. The minimum atomic E-state index is -2.40. The molecule has 0 fully saturated rings. The Morgan fingerprint density at radius 2 is 0.902 bits per heavy atom. The van der Waals surface area contributed by atoms with Crippen molar-refractivity contribution in [3.8, 4) is 62.2 Å². The maximum atomic E-state index is 12.7. The molecule has 0 amide bonds. The number of aromatic nitrogens is 5. The lowest BCUT2D eigenvalue weighted by Crippen LogP contribution is -2.03. The highest BCUT2D eigenvalue weighted by atomic mass is 31.2. The lowest BCUT2D eigenvalue weighted by Gasteiger charge is -2.14. The molecule has 0 unspecified atom stereocenters. The minimum Gasteiger partial charge on any atom is -0.319 e. The molecule has 0 spiro atoms. The van der Waals surface area contributed by atoms with E-state index in [4.69, 9.17) is 19.9 Å². The van der Waals surface area contributed by atoms with Crippen molar-refractivity contribution < 1.29 is 4.57 Å². The van der Waals surface area contributed by atoms with E-state index in [-0.39, 0.29) is 0 Å². The molecule has 0 aliphatic carbocycles. The summed E-state index contributed by atoms with van der Waals surface area (Å²) >= 11 is 0. The summed E-state index contributed by atoms with van der Waals surface area (Å²) < 4.78 is 15.1. The summed E-state index contributed by atoms with van der Waals surface area (Å²) in [6.07, 6.45) is 0. The number of hydrogen-bond donors (Lipinski definition) is 0. The fourth-order valence-corrected chi connectivity index (χ4v) is 9.32. The molecule has 3 aromatic heterocycles. The van der Waals surface area contributed by atoms with Crippen molar-refractivity contribution in [2.24, 2.45) is 0 Å². The Hall–Kier alpha value is -7.53. The molecule has 7 heteroatoms. The third-order valence-corrected chi connectivity index (χ3v) is 13.1. The van der Waals surface area contributed by atoms with Crippen molar-refractivity contribution in [1.29, 1.82) is 0 Å². The zero-order chi connectivity index (χ0) is 41.1. The van der Waals surface area contributed by atoms with Crippen LogP contribution in [0.15, 0.2) is 194 Å². The third kappa shape index (κ3) is 6.58. The average molecular weight is 804 g/mol. The first kappa shape index (κ1) is 36.5. The Labute approximate surface area is 353 Å². The van der Waals surface area contributed by atoms with Crippen LogP contribution in [0.1, 0.15) is 0 Å². The number of benzene rings is 8. The van der Waals surface area contributed by atoms with E-state index >= 15 is 0 Å². The summed E-state index contributed by atoms with van der Waals surface area (Å²) in [7, 11) is -2.40. The van der Waals surface area contributed by atoms with Crippen LogP contribution in [0.2, 0.25) is 0 Å². The highest BCUT2D eigenvalue weighted by molar-refractivity contribution is 7.70. The molecular formula is C54H38N5OP. The zero-order valence-electron chi connectivity index (χ0n) is 33.6. The largest absolute Gasteiger partial charge is 0.319 e. The summed E-state index contributed by atoms with van der Waals surface area (Å²) in [5, 5.41) is 6.63. The van der Waals surface area contributed by atoms with Gasteiger partial charge in [0.2, 0.25) is 0 Å². The van der Waals surface area contributed by atoms with E-state index in [9.17, 15) is 4.57 Å². The van der Waals surface area contributed by atoms with Gasteiger partial charge < -0.3 is 9.13 Å². The van der Waals surface area contributed by atoms with E-state index < -0.39 is 7.14 Å². The molecule has 0 saturated carbocycles. The van der Waals surface area contributed by atoms with Crippen LogP contribution in [-0.2, 0) is 4.57 Å². The SMILES string of the molecule is CP(C)(=O)c1ccc(-c2nc(-c3ccccc3)nc(-c3ccc(-c4ccc5c(c4)nc(-c4ccccc4)c4cc6c(cc45)c4ccccc4n6-c4ccccc4)cc3)n2)cc1. The summed E-state index contributed by atoms with van der Waals surface area (Å²) in [5.74, 6) is 1.73. The Morgan fingerprint density at radius 1 is 0.377 bits per heavy atom. The molecule has 0 atom stereocenters. The van der Waals surface area contributed by atoms with E-state index in [0.717, 1.165) is 71.9 Å². The van der Waals surface area contributed by atoms with Crippen LogP contribution >= 0.6 is 7.14 Å². The lowest BCUT2D eigenvalue weighted by molar-refractivity contribution is 0.588. The first-order chi connectivity index (χ1) is 29.9. The van der Waals surface area contributed by atoms with Crippen LogP contribution in [0.4, 0.5) is 0 Å². The second kappa shape index (κ2) is 14.6. The third-order valence-electron chi connectivity index (χ3n) is 11.5. The van der Waals surface area contributed by atoms with Gasteiger partial charge in [-0.3, -0.25) is 0 Å². The highest BCUT2D eigenvalue weighted by Gasteiger charge is 2.19. The number of fused-ring (bicyclic) bond motifs is 6. The first-order valence-corrected chi connectivity index (χ1v) is 23.0. The first-order valence-electron chi connectivity index (χ1n) is 20.4. The monoisotopic (exact) mass is 803 g/mol. The van der Waals surface area contributed by atoms with Gasteiger partial charge in [0.25, 0.3) is 0 Å². The summed E-state index contributed by atoms with van der Waals surface area (Å²) in [4.78, 5) is 20.2. The van der Waals surface area contributed by atoms with Crippen molar-refractivity contribution in [2.75, 3.05) is 13.3 Å². The molecule has 0 aliphatic rings. The highest BCUT2D eigenvalue weighted by Crippen LogP contribution is 2.41. The van der Waals surface area contributed by atoms with Gasteiger partial charge in [-0.1, -0.05) is 158 Å². The van der Waals surface area contributed by atoms with Crippen LogP contribution in [0.5, 0.6) is 0 Å². The van der Waals surface area contributed by atoms with Crippen LogP contribution in [0, 0.1) is 0 Å². The van der Waals surface area contributed by atoms with Gasteiger partial charge in [-0.05, 0) is 66.2 Å². The predicted molar refractivity (Wildman–Crippen MR) is 253 cm³/mol. The van der Waals surface area contributed by atoms with Crippen molar-refractivity contribution in [2.45, 2.75) is 0 Å². The molecule has 0 aliphatic heterocycles. The van der Waals surface area contributed by atoms with Gasteiger partial charge >= 0.3 is 0 Å². The molecule has 8 aromatic carbocycles. The maximum Gasteiger partial charge on any atom is 0.164 e. The number of para-hydroxylation sites is 2. The van der Waals surface area contributed by atoms with E-state index in [2.05, 4.69) is 144 Å². The molecule has 0 radical (unpaired) electrons. The summed E-state index contributed by atoms with van der Waals surface area (Å²) in [6, 6.07) is 67.1. The van der Waals surface area contributed by atoms with Crippen molar-refractivity contribution in [1.82, 2.24) is 24.5 Å². The quantitative estimate of drug-likeness (QED) is 0.118. The van der Waals surface area contributed by atoms with Crippen LogP contribution < -0.4 is 5.30 Å². The molecule has 11 rings (SSSR count). The molecule has 0 bridgehead atoms. The lowest BCUT2D eigenvalue weighted by atomic mass is 9.96. The Kier molecular flexibility index (Phi) is 8.76. The molecule has 6 nitrogen and oxygen atoms in total. The van der Waals surface area contributed by atoms with Crippen molar-refractivity contribution >= 4 is 55.9 Å². The van der Waals surface area contributed by atoms with E-state index in [1.165, 1.54) is 21.7 Å². The number of nitrogens with zero attached hydrogens (tertiary/aromatic N) is 5. The average Bonchev–Trinajstić information content (AvgIpc) is 3.64. The topological polar surface area (TPSA) is 73.6 Å². The number of pyridine rings is 1. The van der Waals surface area contributed by atoms with Gasteiger partial charge in [-0.2, -0.15) is 0 Å². The molecule has 61 heavy (non-hydrogen) atoms. The number of rotatable bonds is 7. The summed E-state index contributed by atoms with van der Waals surface area (Å²) in [6.45, 7) is 3.56. The number of hydrogen-bond acceptors (Lipinski definition) is 5. The second-order valence-electron chi connectivity index (χ2n) is 15.8. The molecule has 11 aromatic rings.